The van der Waals surface area contributed by atoms with Crippen molar-refractivity contribution in [3.63, 3.8) is 0 Å². The Morgan fingerprint density at radius 1 is 0.255 bits per heavy atom. The van der Waals surface area contributed by atoms with Crippen LogP contribution in [0.1, 0.15) is 11.1 Å². The number of fused-ring (bicyclic) bond motifs is 6. The van der Waals surface area contributed by atoms with E-state index in [1.165, 1.54) is 0 Å². The number of nitriles is 2. The van der Waals surface area contributed by atoms with Gasteiger partial charge in [-0.3, -0.25) is 0 Å². The lowest BCUT2D eigenvalue weighted by Gasteiger charge is -2.17. The van der Waals surface area contributed by atoms with E-state index in [4.69, 9.17) is 21.5 Å². The van der Waals surface area contributed by atoms with Crippen molar-refractivity contribution < 1.29 is 0 Å². The average Bonchev–Trinajstić information content (AvgIpc) is 1.56. The van der Waals surface area contributed by atoms with Crippen LogP contribution in [-0.4, -0.2) is 24.1 Å². The highest BCUT2D eigenvalue weighted by Gasteiger charge is 2.24. The minimum atomic E-state index is 0.420. The van der Waals surface area contributed by atoms with Gasteiger partial charge in [0.15, 0.2) is 23.2 Å². The van der Waals surface area contributed by atoms with Crippen LogP contribution in [0.5, 0.6) is 0 Å². The van der Waals surface area contributed by atoms with Crippen molar-refractivity contribution in [2.75, 3.05) is 0 Å². The summed E-state index contributed by atoms with van der Waals surface area (Å²) in [6, 6.07) is 118. The molecule has 0 saturated carbocycles. The zero-order chi connectivity index (χ0) is 65.6. The summed E-state index contributed by atoms with van der Waals surface area (Å²) in [5, 5.41) is 24.6. The highest BCUT2D eigenvalue weighted by Crippen LogP contribution is 2.44. The molecule has 0 saturated heterocycles. The summed E-state index contributed by atoms with van der Waals surface area (Å²) in [5.74, 6) is 1.28. The molecule has 17 rings (SSSR count). The lowest BCUT2D eigenvalue weighted by atomic mass is 9.96. The van der Waals surface area contributed by atoms with Crippen LogP contribution >= 0.6 is 0 Å². The van der Waals surface area contributed by atoms with Gasteiger partial charge < -0.3 is 9.13 Å². The maximum absolute atomic E-state index is 10.5. The van der Waals surface area contributed by atoms with Crippen molar-refractivity contribution in [2.24, 2.45) is 0 Å². The fourth-order valence-electron chi connectivity index (χ4n) is 13.8. The van der Waals surface area contributed by atoms with Gasteiger partial charge in [0.1, 0.15) is 0 Å². The Morgan fingerprint density at radius 3 is 0.990 bits per heavy atom. The van der Waals surface area contributed by atoms with Crippen LogP contribution in [-0.2, 0) is 0 Å². The number of rotatable bonds is 12. The standard InChI is InChI=1S/C90H54N8/c1-93-73-27-15-26-72(49-73)79-55-75(98-86-46-38-69(62-21-10-4-11-22-62)52-82(86)83-53-70(39-47-87(83)98)63-23-12-5-13-24-63)41-43-77(79)90-95-88(66-34-32-65(33-35-66)64-30-28-58(56-91)29-31-64)94-89(96-90)76-42-40-74(54-78(76)71-25-14-16-59(48-71)57-92)97-84-44-36-67(60-17-6-2-7-18-60)50-80(84)81-51-68(37-45-85(81)97)61-19-8-3-9-20-61/h2-55H. The normalized spacial score (nSPS) is 11.2. The molecule has 0 aliphatic heterocycles. The van der Waals surface area contributed by atoms with Gasteiger partial charge in [0.25, 0.3) is 0 Å². The predicted molar refractivity (Wildman–Crippen MR) is 399 cm³/mol. The molecule has 0 spiro atoms. The van der Waals surface area contributed by atoms with Crippen LogP contribution in [0.2, 0.25) is 0 Å². The van der Waals surface area contributed by atoms with E-state index in [2.05, 4.69) is 245 Å². The Balaban J connectivity index is 0.888. The molecule has 14 aromatic carbocycles. The first-order valence-electron chi connectivity index (χ1n) is 32.4. The highest BCUT2D eigenvalue weighted by atomic mass is 15.0. The Kier molecular flexibility index (Phi) is 14.5. The zero-order valence-corrected chi connectivity index (χ0v) is 52.8. The number of hydrogen-bond acceptors (Lipinski definition) is 5. The monoisotopic (exact) mass is 1250 g/mol. The molecule has 17 aromatic rings. The molecule has 3 heterocycles. The molecule has 454 valence electrons. The summed E-state index contributed by atoms with van der Waals surface area (Å²) in [7, 11) is 0. The van der Waals surface area contributed by atoms with Gasteiger partial charge >= 0.3 is 0 Å². The van der Waals surface area contributed by atoms with Gasteiger partial charge in [0.05, 0.1) is 51.9 Å². The van der Waals surface area contributed by atoms with Crippen LogP contribution < -0.4 is 0 Å². The average molecular weight is 1250 g/mol. The molecule has 8 nitrogen and oxygen atoms in total. The molecule has 0 aliphatic rings. The Morgan fingerprint density at radius 2 is 0.592 bits per heavy atom. The Hall–Kier alpha value is -13.8. The van der Waals surface area contributed by atoms with E-state index in [0.29, 0.717) is 34.3 Å². The SMILES string of the molecule is [C-]#[N+]c1cccc(-c2cc(-n3c4ccc(-c5ccccc5)cc4c4cc(-c5ccccc5)ccc43)ccc2-c2nc(-c3ccc(-c4ccc(C#N)cc4)cc3)nc(-c3ccc(-n4c5ccc(-c6ccccc6)cc5c5cc(-c6ccccc6)ccc54)cc3-c3cccc(C#N)c3)n2)c1. The van der Waals surface area contributed by atoms with E-state index < -0.39 is 0 Å². The molecule has 0 bridgehead atoms. The second-order valence-corrected chi connectivity index (χ2v) is 24.4. The van der Waals surface area contributed by atoms with E-state index in [1.54, 1.807) is 0 Å². The number of nitrogens with zero attached hydrogens (tertiary/aromatic N) is 8. The zero-order valence-electron chi connectivity index (χ0n) is 52.8. The summed E-state index contributed by atoms with van der Waals surface area (Å²) >= 11 is 0. The second kappa shape index (κ2) is 24.6. The first-order valence-corrected chi connectivity index (χ1v) is 32.4. The summed E-state index contributed by atoms with van der Waals surface area (Å²) in [6.45, 7) is 8.25. The fraction of sp³-hybridized carbons (Fsp3) is 0. The van der Waals surface area contributed by atoms with Crippen molar-refractivity contribution in [2.45, 2.75) is 0 Å². The molecule has 3 aromatic heterocycles. The van der Waals surface area contributed by atoms with Crippen LogP contribution in [0.3, 0.4) is 0 Å². The fourth-order valence-corrected chi connectivity index (χ4v) is 13.8. The molecule has 0 unspecified atom stereocenters. The van der Waals surface area contributed by atoms with Crippen LogP contribution in [0.25, 0.3) is 172 Å². The van der Waals surface area contributed by atoms with Crippen LogP contribution in [0.15, 0.2) is 328 Å². The van der Waals surface area contributed by atoms with Crippen molar-refractivity contribution in [3.05, 3.63) is 350 Å². The molecule has 0 amide bonds. The minimum Gasteiger partial charge on any atom is -0.309 e. The Labute approximate surface area is 566 Å². The van der Waals surface area contributed by atoms with Crippen molar-refractivity contribution in [3.8, 4) is 136 Å². The molecule has 0 atom stereocenters. The van der Waals surface area contributed by atoms with E-state index in [0.717, 1.165) is 150 Å². The van der Waals surface area contributed by atoms with Gasteiger partial charge in [0, 0.05) is 49.6 Å². The number of benzene rings is 14. The second-order valence-electron chi connectivity index (χ2n) is 24.4. The first-order chi connectivity index (χ1) is 48.4. The molecule has 0 fully saturated rings. The van der Waals surface area contributed by atoms with E-state index in [1.807, 2.05) is 109 Å². The van der Waals surface area contributed by atoms with Gasteiger partial charge in [0.2, 0.25) is 0 Å². The topological polar surface area (TPSA) is 100 Å². The quantitative estimate of drug-likeness (QED) is 0.113. The third-order valence-electron chi connectivity index (χ3n) is 18.7. The third kappa shape index (κ3) is 10.6. The van der Waals surface area contributed by atoms with Gasteiger partial charge in [-0.25, -0.2) is 19.8 Å². The number of aromatic nitrogens is 5. The van der Waals surface area contributed by atoms with Crippen LogP contribution in [0.4, 0.5) is 5.69 Å². The molecule has 98 heavy (non-hydrogen) atoms. The van der Waals surface area contributed by atoms with Crippen molar-refractivity contribution in [1.82, 2.24) is 24.1 Å². The third-order valence-corrected chi connectivity index (χ3v) is 18.7. The molecule has 0 aliphatic carbocycles. The molecule has 0 N–H and O–H groups in total. The maximum Gasteiger partial charge on any atom is 0.187 e. The molecular weight excluding hydrogens is 1190 g/mol. The lowest BCUT2D eigenvalue weighted by molar-refractivity contribution is 1.07. The lowest BCUT2D eigenvalue weighted by Crippen LogP contribution is -2.03. The van der Waals surface area contributed by atoms with Crippen molar-refractivity contribution >= 4 is 49.3 Å². The smallest absolute Gasteiger partial charge is 0.187 e. The van der Waals surface area contributed by atoms with E-state index in [-0.39, 0.29) is 0 Å². The maximum atomic E-state index is 10.5. The van der Waals surface area contributed by atoms with Gasteiger partial charge in [-0.05, 0) is 193 Å². The van der Waals surface area contributed by atoms with Gasteiger partial charge in [-0.1, -0.05) is 212 Å². The molecule has 0 radical (unpaired) electrons. The summed E-state index contributed by atoms with van der Waals surface area (Å²) in [5.41, 5.74) is 24.0. The van der Waals surface area contributed by atoms with E-state index >= 15 is 0 Å². The highest BCUT2D eigenvalue weighted by molar-refractivity contribution is 6.13. The Bertz CT molecular complexity index is 5590. The molecular formula is C90H54N8. The summed E-state index contributed by atoms with van der Waals surface area (Å²) in [4.78, 5) is 20.5. The summed E-state index contributed by atoms with van der Waals surface area (Å²) < 4.78 is 4.67. The van der Waals surface area contributed by atoms with Gasteiger partial charge in [-0.15, -0.1) is 0 Å². The van der Waals surface area contributed by atoms with Gasteiger partial charge in [-0.2, -0.15) is 10.5 Å². The van der Waals surface area contributed by atoms with E-state index in [9.17, 15) is 10.5 Å². The minimum absolute atomic E-state index is 0.420. The predicted octanol–water partition coefficient (Wildman–Crippen LogP) is 23.0. The first kappa shape index (κ1) is 58.0. The molecule has 8 heteroatoms. The number of hydrogen-bond donors (Lipinski definition) is 0. The van der Waals surface area contributed by atoms with Crippen molar-refractivity contribution in [1.29, 1.82) is 10.5 Å². The van der Waals surface area contributed by atoms with Crippen LogP contribution in [0, 0.1) is 29.2 Å². The largest absolute Gasteiger partial charge is 0.309 e. The summed E-state index contributed by atoms with van der Waals surface area (Å²) in [6.07, 6.45) is 0.